The van der Waals surface area contributed by atoms with Crippen molar-refractivity contribution in [2.75, 3.05) is 6.54 Å². The SMILES string of the molecule is N[C@@H](CC(=O)O)C(=O)NCCC(=O)NO. The summed E-state index contributed by atoms with van der Waals surface area (Å²) in [7, 11) is 0. The molecule has 0 aliphatic rings. The van der Waals surface area contributed by atoms with Gasteiger partial charge in [-0.1, -0.05) is 0 Å². The molecule has 6 N–H and O–H groups in total. The van der Waals surface area contributed by atoms with Crippen LogP contribution >= 0.6 is 0 Å². The Morgan fingerprint density at radius 3 is 2.40 bits per heavy atom. The van der Waals surface area contributed by atoms with Gasteiger partial charge < -0.3 is 16.2 Å². The van der Waals surface area contributed by atoms with Crippen LogP contribution in [-0.4, -0.2) is 40.7 Å². The normalized spacial score (nSPS) is 11.6. The Labute approximate surface area is 85.4 Å². The van der Waals surface area contributed by atoms with E-state index in [0.29, 0.717) is 0 Å². The molecule has 0 fully saturated rings. The van der Waals surface area contributed by atoms with Gasteiger partial charge in [0, 0.05) is 13.0 Å². The van der Waals surface area contributed by atoms with Crippen LogP contribution in [0.4, 0.5) is 0 Å². The van der Waals surface area contributed by atoms with Gasteiger partial charge in [0.25, 0.3) is 0 Å². The quantitative estimate of drug-likeness (QED) is 0.253. The van der Waals surface area contributed by atoms with Crippen molar-refractivity contribution in [1.82, 2.24) is 10.8 Å². The Kier molecular flexibility index (Phi) is 5.99. The fourth-order valence-electron chi connectivity index (χ4n) is 0.767. The zero-order valence-corrected chi connectivity index (χ0v) is 7.90. The van der Waals surface area contributed by atoms with Crippen LogP contribution in [0.15, 0.2) is 0 Å². The second kappa shape index (κ2) is 6.74. The van der Waals surface area contributed by atoms with Gasteiger partial charge in [0.15, 0.2) is 0 Å². The Morgan fingerprint density at radius 1 is 1.33 bits per heavy atom. The lowest BCUT2D eigenvalue weighted by Crippen LogP contribution is -2.42. The van der Waals surface area contributed by atoms with Crippen molar-refractivity contribution in [3.8, 4) is 0 Å². The van der Waals surface area contributed by atoms with E-state index >= 15 is 0 Å². The first-order chi connectivity index (χ1) is 6.97. The highest BCUT2D eigenvalue weighted by molar-refractivity contribution is 5.86. The molecule has 0 bridgehead atoms. The van der Waals surface area contributed by atoms with Gasteiger partial charge in [-0.05, 0) is 0 Å². The number of rotatable bonds is 6. The standard InChI is InChI=1S/C7H13N3O5/c8-4(3-6(12)13)7(14)9-2-1-5(11)10-15/h4,15H,1-3,8H2,(H,9,14)(H,10,11)(H,12,13)/t4-/m0/s1. The first-order valence-corrected chi connectivity index (χ1v) is 4.15. The van der Waals surface area contributed by atoms with Crippen molar-refractivity contribution in [2.45, 2.75) is 18.9 Å². The Hall–Kier alpha value is -1.67. The highest BCUT2D eigenvalue weighted by atomic mass is 16.5. The van der Waals surface area contributed by atoms with E-state index in [4.69, 9.17) is 16.0 Å². The lowest BCUT2D eigenvalue weighted by molar-refractivity contribution is -0.139. The number of hydrogen-bond donors (Lipinski definition) is 5. The van der Waals surface area contributed by atoms with Gasteiger partial charge in [-0.3, -0.25) is 19.6 Å². The molecule has 0 unspecified atom stereocenters. The molecule has 2 amide bonds. The molecule has 0 radical (unpaired) electrons. The number of hydrogen-bond acceptors (Lipinski definition) is 5. The molecule has 0 saturated carbocycles. The second-order valence-corrected chi connectivity index (χ2v) is 2.78. The number of nitrogens with two attached hydrogens (primary N) is 1. The second-order valence-electron chi connectivity index (χ2n) is 2.78. The third-order valence-corrected chi connectivity index (χ3v) is 1.51. The molecular weight excluding hydrogens is 206 g/mol. The number of hydroxylamine groups is 1. The summed E-state index contributed by atoms with van der Waals surface area (Å²) in [6, 6.07) is -1.14. The molecule has 0 spiro atoms. The summed E-state index contributed by atoms with van der Waals surface area (Å²) in [6.07, 6.45) is -0.583. The molecule has 0 aromatic carbocycles. The summed E-state index contributed by atoms with van der Waals surface area (Å²) in [5.41, 5.74) is 6.61. The monoisotopic (exact) mass is 219 g/mol. The van der Waals surface area contributed by atoms with Gasteiger partial charge >= 0.3 is 5.97 Å². The van der Waals surface area contributed by atoms with Crippen molar-refractivity contribution in [3.05, 3.63) is 0 Å². The Bertz CT molecular complexity index is 255. The van der Waals surface area contributed by atoms with E-state index in [1.807, 2.05) is 0 Å². The lowest BCUT2D eigenvalue weighted by atomic mass is 10.2. The van der Waals surface area contributed by atoms with E-state index in [1.54, 1.807) is 0 Å². The molecule has 0 saturated heterocycles. The van der Waals surface area contributed by atoms with Gasteiger partial charge in [-0.25, -0.2) is 5.48 Å². The first-order valence-electron chi connectivity index (χ1n) is 4.15. The van der Waals surface area contributed by atoms with Crippen LogP contribution in [0.3, 0.4) is 0 Å². The molecule has 86 valence electrons. The fourth-order valence-corrected chi connectivity index (χ4v) is 0.767. The van der Waals surface area contributed by atoms with Gasteiger partial charge in [-0.2, -0.15) is 0 Å². The van der Waals surface area contributed by atoms with Gasteiger partial charge in [0.05, 0.1) is 12.5 Å². The minimum absolute atomic E-state index is 0.0153. The lowest BCUT2D eigenvalue weighted by Gasteiger charge is -2.09. The highest BCUT2D eigenvalue weighted by Crippen LogP contribution is 1.88. The number of carbonyl (C=O) groups excluding carboxylic acids is 2. The summed E-state index contributed by atoms with van der Waals surface area (Å²) < 4.78 is 0. The molecule has 0 rings (SSSR count). The fraction of sp³-hybridized carbons (Fsp3) is 0.571. The number of carboxylic acid groups (broad SMARTS) is 1. The molecule has 0 aromatic heterocycles. The predicted octanol–water partition coefficient (Wildman–Crippen LogP) is -2.20. The summed E-state index contributed by atoms with van der Waals surface area (Å²) in [6.45, 7) is -0.0153. The topological polar surface area (TPSA) is 142 Å². The van der Waals surface area contributed by atoms with E-state index < -0.39 is 30.2 Å². The predicted molar refractivity (Wildman–Crippen MR) is 47.8 cm³/mol. The van der Waals surface area contributed by atoms with Crippen LogP contribution < -0.4 is 16.5 Å². The maximum atomic E-state index is 11.1. The van der Waals surface area contributed by atoms with Crippen LogP contribution in [0.25, 0.3) is 0 Å². The molecule has 0 aliphatic heterocycles. The van der Waals surface area contributed by atoms with Crippen molar-refractivity contribution in [1.29, 1.82) is 0 Å². The zero-order chi connectivity index (χ0) is 11.8. The molecule has 8 nitrogen and oxygen atoms in total. The number of aliphatic carboxylic acids is 1. The third kappa shape index (κ3) is 6.41. The third-order valence-electron chi connectivity index (χ3n) is 1.51. The molecule has 0 aliphatic carbocycles. The molecule has 0 aromatic rings. The number of nitrogens with one attached hydrogen (secondary N) is 2. The summed E-state index contributed by atoms with van der Waals surface area (Å²) >= 11 is 0. The Morgan fingerprint density at radius 2 is 1.93 bits per heavy atom. The van der Waals surface area contributed by atoms with E-state index in [0.717, 1.165) is 0 Å². The molecular formula is C7H13N3O5. The van der Waals surface area contributed by atoms with Gasteiger partial charge in [0.2, 0.25) is 11.8 Å². The molecule has 0 heterocycles. The largest absolute Gasteiger partial charge is 0.481 e. The first kappa shape index (κ1) is 13.3. The van der Waals surface area contributed by atoms with E-state index in [2.05, 4.69) is 5.32 Å². The average Bonchev–Trinajstić information content (AvgIpc) is 2.16. The number of carboxylic acids is 1. The van der Waals surface area contributed by atoms with Gasteiger partial charge in [-0.15, -0.1) is 0 Å². The van der Waals surface area contributed by atoms with Crippen LogP contribution in [0.2, 0.25) is 0 Å². The van der Waals surface area contributed by atoms with Crippen LogP contribution in [-0.2, 0) is 14.4 Å². The van der Waals surface area contributed by atoms with Crippen LogP contribution in [0.1, 0.15) is 12.8 Å². The summed E-state index contributed by atoms with van der Waals surface area (Å²) in [5, 5.41) is 18.7. The summed E-state index contributed by atoms with van der Waals surface area (Å²) in [4.78, 5) is 31.7. The molecule has 15 heavy (non-hydrogen) atoms. The van der Waals surface area contributed by atoms with E-state index in [-0.39, 0.29) is 13.0 Å². The Balaban J connectivity index is 3.73. The minimum atomic E-state index is -1.18. The maximum absolute atomic E-state index is 11.1. The van der Waals surface area contributed by atoms with Crippen molar-refractivity contribution in [3.63, 3.8) is 0 Å². The smallest absolute Gasteiger partial charge is 0.305 e. The van der Waals surface area contributed by atoms with E-state index in [9.17, 15) is 14.4 Å². The van der Waals surface area contributed by atoms with Crippen molar-refractivity contribution < 1.29 is 24.7 Å². The molecule has 1 atom stereocenters. The highest BCUT2D eigenvalue weighted by Gasteiger charge is 2.16. The molecule has 8 heteroatoms. The average molecular weight is 219 g/mol. The summed E-state index contributed by atoms with van der Waals surface area (Å²) in [5.74, 6) is -2.48. The van der Waals surface area contributed by atoms with Crippen LogP contribution in [0, 0.1) is 0 Å². The maximum Gasteiger partial charge on any atom is 0.305 e. The van der Waals surface area contributed by atoms with Crippen molar-refractivity contribution in [2.24, 2.45) is 5.73 Å². The van der Waals surface area contributed by atoms with E-state index in [1.165, 1.54) is 5.48 Å². The number of amides is 2. The zero-order valence-electron chi connectivity index (χ0n) is 7.90. The van der Waals surface area contributed by atoms with Crippen LogP contribution in [0.5, 0.6) is 0 Å². The number of carbonyl (C=O) groups is 3. The minimum Gasteiger partial charge on any atom is -0.481 e. The van der Waals surface area contributed by atoms with Crippen molar-refractivity contribution >= 4 is 17.8 Å². The van der Waals surface area contributed by atoms with Gasteiger partial charge in [0.1, 0.15) is 0 Å².